The Hall–Kier alpha value is -7.01. The molecule has 2 amide bonds. The number of piperidine rings is 3. The van der Waals surface area contributed by atoms with E-state index < -0.39 is 30.1 Å². The van der Waals surface area contributed by atoms with Crippen LogP contribution in [-0.4, -0.2) is 88.7 Å². The number of carbonyl (C=O) groups is 3. The maximum absolute atomic E-state index is 13.2. The summed E-state index contributed by atoms with van der Waals surface area (Å²) in [5, 5.41) is 34.1. The quantitative estimate of drug-likeness (QED) is 0.0465. The standard InChI is InChI=1S/C48H50N6O10/c55-40-16-14-37(38-15-17-43(57)51-45(38)40)41(56)27-49-26-36-25-39(53-64-36)46(58)50-20-5-23-61-47(59)33-12-10-30(11-13-33)29-62-35-9-4-8-34(24-35)44(32-6-2-1-3-7-32)52-48(60)63-42-28-54-21-18-31(42)19-22-54/h1-4,6-17,24-25,31,41-42,44,49,55-56H,5,18-23,26-29H2,(H,50,58)(H,51,57)(H,52,60)/t41-,42+,44?/m1/s1. The molecular weight excluding hydrogens is 821 g/mol. The number of phenols is 1. The number of benzene rings is 4. The summed E-state index contributed by atoms with van der Waals surface area (Å²) in [4.78, 5) is 55.2. The Morgan fingerprint density at radius 2 is 1.72 bits per heavy atom. The van der Waals surface area contributed by atoms with Crippen LogP contribution in [0.4, 0.5) is 4.79 Å². The Labute approximate surface area is 368 Å². The van der Waals surface area contributed by atoms with E-state index in [0.717, 1.165) is 49.2 Å². The molecule has 6 aromatic rings. The van der Waals surface area contributed by atoms with Crippen molar-refractivity contribution in [1.82, 2.24) is 31.0 Å². The molecule has 64 heavy (non-hydrogen) atoms. The van der Waals surface area contributed by atoms with Crippen LogP contribution in [0, 0.1) is 5.92 Å². The second kappa shape index (κ2) is 20.4. The van der Waals surface area contributed by atoms with E-state index in [2.05, 4.69) is 31.0 Å². The summed E-state index contributed by atoms with van der Waals surface area (Å²) in [5.41, 5.74) is 3.45. The molecule has 2 aromatic heterocycles. The summed E-state index contributed by atoms with van der Waals surface area (Å²) in [6, 6.07) is 31.2. The first-order valence-corrected chi connectivity index (χ1v) is 21.4. The van der Waals surface area contributed by atoms with E-state index in [4.69, 9.17) is 18.7 Å². The lowest BCUT2D eigenvalue weighted by Crippen LogP contribution is -2.52. The number of ether oxygens (including phenoxy) is 3. The number of aromatic hydroxyl groups is 1. The monoisotopic (exact) mass is 870 g/mol. The van der Waals surface area contributed by atoms with Crippen molar-refractivity contribution in [3.63, 3.8) is 0 Å². The van der Waals surface area contributed by atoms with Crippen molar-refractivity contribution in [3.05, 3.63) is 159 Å². The lowest BCUT2D eigenvalue weighted by Gasteiger charge is -2.43. The number of carbonyl (C=O) groups excluding carboxylic acids is 3. The van der Waals surface area contributed by atoms with Gasteiger partial charge in [-0.05, 0) is 96.9 Å². The van der Waals surface area contributed by atoms with E-state index in [1.165, 1.54) is 18.2 Å². The van der Waals surface area contributed by atoms with Gasteiger partial charge in [-0.25, -0.2) is 9.59 Å². The second-order valence-electron chi connectivity index (χ2n) is 16.0. The minimum Gasteiger partial charge on any atom is -0.506 e. The maximum Gasteiger partial charge on any atom is 0.408 e. The zero-order valence-electron chi connectivity index (χ0n) is 35.0. The van der Waals surface area contributed by atoms with Gasteiger partial charge in [0.05, 0.1) is 36.4 Å². The molecule has 0 aliphatic carbocycles. The van der Waals surface area contributed by atoms with Gasteiger partial charge >= 0.3 is 12.1 Å². The Morgan fingerprint density at radius 1 is 0.922 bits per heavy atom. The molecule has 332 valence electrons. The van der Waals surface area contributed by atoms with E-state index in [-0.39, 0.29) is 61.5 Å². The van der Waals surface area contributed by atoms with Crippen molar-refractivity contribution in [2.75, 3.05) is 39.3 Å². The normalized spacial score (nSPS) is 17.6. The molecule has 0 saturated carbocycles. The highest BCUT2D eigenvalue weighted by molar-refractivity contribution is 5.92. The highest BCUT2D eigenvalue weighted by Gasteiger charge is 2.37. The number of alkyl carbamates (subject to hydrolysis) is 1. The minimum absolute atomic E-state index is 0.0737. The number of pyridine rings is 1. The van der Waals surface area contributed by atoms with Crippen molar-refractivity contribution in [3.8, 4) is 11.5 Å². The van der Waals surface area contributed by atoms with Crippen LogP contribution >= 0.6 is 0 Å². The molecule has 6 N–H and O–H groups in total. The Morgan fingerprint density at radius 3 is 2.50 bits per heavy atom. The minimum atomic E-state index is -0.966. The maximum atomic E-state index is 13.2. The second-order valence-corrected chi connectivity index (χ2v) is 16.0. The van der Waals surface area contributed by atoms with Crippen LogP contribution in [0.15, 0.2) is 119 Å². The predicted molar refractivity (Wildman–Crippen MR) is 235 cm³/mol. The van der Waals surface area contributed by atoms with E-state index in [9.17, 15) is 29.4 Å². The van der Waals surface area contributed by atoms with Crippen molar-refractivity contribution >= 4 is 28.9 Å². The first kappa shape index (κ1) is 43.6. The van der Waals surface area contributed by atoms with E-state index in [1.807, 2.05) is 54.6 Å². The Kier molecular flexibility index (Phi) is 13.9. The lowest BCUT2D eigenvalue weighted by atomic mass is 9.86. The number of aromatic nitrogens is 2. The van der Waals surface area contributed by atoms with Gasteiger partial charge in [-0.15, -0.1) is 0 Å². The van der Waals surface area contributed by atoms with Crippen molar-refractivity contribution in [2.24, 2.45) is 5.92 Å². The summed E-state index contributed by atoms with van der Waals surface area (Å²) in [6.07, 6.45) is 0.971. The predicted octanol–water partition coefficient (Wildman–Crippen LogP) is 5.51. The van der Waals surface area contributed by atoms with Crippen LogP contribution in [0.3, 0.4) is 0 Å². The van der Waals surface area contributed by atoms with Crippen LogP contribution in [-0.2, 0) is 22.6 Å². The van der Waals surface area contributed by atoms with E-state index >= 15 is 0 Å². The highest BCUT2D eigenvalue weighted by atomic mass is 16.6. The number of esters is 1. The number of rotatable bonds is 18. The molecule has 3 atom stereocenters. The zero-order chi connectivity index (χ0) is 44.4. The molecule has 9 rings (SSSR count). The molecule has 3 fully saturated rings. The van der Waals surface area contributed by atoms with Gasteiger partial charge in [0.15, 0.2) is 11.5 Å². The highest BCUT2D eigenvalue weighted by Crippen LogP contribution is 2.31. The molecule has 3 saturated heterocycles. The van der Waals surface area contributed by atoms with Gasteiger partial charge in [0.2, 0.25) is 5.56 Å². The van der Waals surface area contributed by atoms with Crippen LogP contribution in [0.1, 0.15) is 80.3 Å². The topological polar surface area (TPSA) is 218 Å². The third-order valence-electron chi connectivity index (χ3n) is 11.6. The van der Waals surface area contributed by atoms with Crippen LogP contribution < -0.4 is 26.2 Å². The fourth-order valence-electron chi connectivity index (χ4n) is 8.13. The summed E-state index contributed by atoms with van der Waals surface area (Å²) >= 11 is 0. The number of hydrogen-bond donors (Lipinski definition) is 6. The fraction of sp³-hybridized carbons (Fsp3) is 0.312. The summed E-state index contributed by atoms with van der Waals surface area (Å²) in [7, 11) is 0. The lowest BCUT2D eigenvalue weighted by molar-refractivity contribution is -0.0336. The Bertz CT molecular complexity index is 2610. The summed E-state index contributed by atoms with van der Waals surface area (Å²) in [5.74, 6) is 0.351. The molecule has 3 aliphatic heterocycles. The molecule has 16 heteroatoms. The first-order valence-electron chi connectivity index (χ1n) is 21.4. The Balaban J connectivity index is 0.745. The van der Waals surface area contributed by atoms with Gasteiger partial charge in [-0.3, -0.25) is 14.5 Å². The number of aliphatic hydroxyl groups is 1. The molecular formula is C48H50N6O10. The average molecular weight is 871 g/mol. The van der Waals surface area contributed by atoms with Gasteiger partial charge in [-0.1, -0.05) is 65.8 Å². The van der Waals surface area contributed by atoms with E-state index in [0.29, 0.717) is 40.4 Å². The fourth-order valence-corrected chi connectivity index (χ4v) is 8.13. The van der Waals surface area contributed by atoms with Crippen LogP contribution in [0.5, 0.6) is 11.5 Å². The van der Waals surface area contributed by atoms with Gasteiger partial charge in [0.25, 0.3) is 5.91 Å². The zero-order valence-corrected chi connectivity index (χ0v) is 35.0. The molecule has 4 aromatic carbocycles. The first-order chi connectivity index (χ1) is 31.2. The van der Waals surface area contributed by atoms with Gasteiger partial charge in [-0.2, -0.15) is 0 Å². The molecule has 0 radical (unpaired) electrons. The van der Waals surface area contributed by atoms with E-state index in [1.54, 1.807) is 36.4 Å². The molecule has 1 unspecified atom stereocenters. The largest absolute Gasteiger partial charge is 0.506 e. The number of nitrogens with zero attached hydrogens (tertiary/aromatic N) is 2. The summed E-state index contributed by atoms with van der Waals surface area (Å²) < 4.78 is 22.8. The number of aromatic amines is 1. The van der Waals surface area contributed by atoms with Gasteiger partial charge in [0, 0.05) is 37.2 Å². The molecule has 0 spiro atoms. The van der Waals surface area contributed by atoms with Crippen LogP contribution in [0.2, 0.25) is 0 Å². The third-order valence-corrected chi connectivity index (χ3v) is 11.6. The van der Waals surface area contributed by atoms with Crippen molar-refractivity contribution in [2.45, 2.75) is 50.7 Å². The summed E-state index contributed by atoms with van der Waals surface area (Å²) in [6.45, 7) is 3.77. The third kappa shape index (κ3) is 10.9. The van der Waals surface area contributed by atoms with Crippen molar-refractivity contribution in [1.29, 1.82) is 0 Å². The van der Waals surface area contributed by atoms with Crippen LogP contribution in [0.25, 0.3) is 10.9 Å². The number of phenolic OH excluding ortho intramolecular Hbond substituents is 1. The van der Waals surface area contributed by atoms with Gasteiger partial charge in [0.1, 0.15) is 24.2 Å². The smallest absolute Gasteiger partial charge is 0.408 e. The average Bonchev–Trinajstić information content (AvgIpc) is 3.80. The van der Waals surface area contributed by atoms with Crippen molar-refractivity contribution < 1.29 is 43.3 Å². The number of fused-ring (bicyclic) bond motifs is 4. The number of amides is 2. The molecule has 3 aliphatic rings. The molecule has 16 nitrogen and oxygen atoms in total. The number of hydrogen-bond acceptors (Lipinski definition) is 13. The number of nitrogens with one attached hydrogen (secondary N) is 4. The SMILES string of the molecule is O=C(NC(c1ccccc1)c1cccc(OCc2ccc(C(=O)OCCCNC(=O)c3cc(CNC[C@@H](O)c4ccc(O)c5[nH]c(=O)ccc45)on3)cc2)c1)O[C@H]1CN2CCC1CC2. The number of H-pyrrole nitrogens is 1. The van der Waals surface area contributed by atoms with Gasteiger partial charge < -0.3 is 49.9 Å². The molecule has 2 bridgehead atoms. The molecule has 5 heterocycles. The number of aliphatic hydroxyl groups excluding tert-OH is 1.